The number of piperidine rings is 1. The number of amides is 2. The summed E-state index contributed by atoms with van der Waals surface area (Å²) in [6.45, 7) is 2.92. The molecule has 1 aromatic carbocycles. The van der Waals surface area contributed by atoms with Crippen LogP contribution in [0.3, 0.4) is 0 Å². The van der Waals surface area contributed by atoms with Gasteiger partial charge in [0.1, 0.15) is 0 Å². The van der Waals surface area contributed by atoms with Gasteiger partial charge < -0.3 is 19.7 Å². The Morgan fingerprint density at radius 2 is 2.08 bits per heavy atom. The molecule has 1 fully saturated rings. The molecule has 0 aliphatic carbocycles. The first-order chi connectivity index (χ1) is 11.5. The van der Waals surface area contributed by atoms with Gasteiger partial charge in [-0.1, -0.05) is 15.9 Å². The molecule has 0 saturated carbocycles. The number of nitrogens with zero attached hydrogens (tertiary/aromatic N) is 1. The highest BCUT2D eigenvalue weighted by molar-refractivity contribution is 9.10. The van der Waals surface area contributed by atoms with Crippen LogP contribution in [0.25, 0.3) is 0 Å². The molecule has 2 amide bonds. The van der Waals surface area contributed by atoms with E-state index in [1.54, 1.807) is 17.9 Å². The van der Waals surface area contributed by atoms with Crippen molar-refractivity contribution in [2.45, 2.75) is 25.8 Å². The number of ether oxygens (including phenoxy) is 2. The fourth-order valence-electron chi connectivity index (χ4n) is 2.43. The van der Waals surface area contributed by atoms with E-state index < -0.39 is 5.82 Å². The molecule has 24 heavy (non-hydrogen) atoms. The van der Waals surface area contributed by atoms with Gasteiger partial charge in [-0.15, -0.1) is 0 Å². The standard InChI is InChI=1S/C16H20BrFN2O4/c1-2-23-16(22)20-7-5-12(6-8-20)19-15(21)10-24-14-4-3-11(17)9-13(14)18/h3-4,9,12H,2,5-8,10H2,1H3,(H,19,21). The Balaban J connectivity index is 1.73. The summed E-state index contributed by atoms with van der Waals surface area (Å²) in [5, 5.41) is 2.84. The number of nitrogens with one attached hydrogen (secondary N) is 1. The summed E-state index contributed by atoms with van der Waals surface area (Å²) in [6.07, 6.45) is 0.977. The number of benzene rings is 1. The van der Waals surface area contributed by atoms with Gasteiger partial charge in [-0.2, -0.15) is 0 Å². The van der Waals surface area contributed by atoms with Crippen LogP contribution in [0.15, 0.2) is 22.7 Å². The van der Waals surface area contributed by atoms with Crippen LogP contribution in [-0.2, 0) is 9.53 Å². The van der Waals surface area contributed by atoms with Crippen LogP contribution in [0.4, 0.5) is 9.18 Å². The Bertz CT molecular complexity index is 591. The van der Waals surface area contributed by atoms with Crippen LogP contribution in [0.1, 0.15) is 19.8 Å². The molecule has 0 atom stereocenters. The molecule has 0 aromatic heterocycles. The Hall–Kier alpha value is -1.83. The van der Waals surface area contributed by atoms with Crippen LogP contribution in [0.2, 0.25) is 0 Å². The number of carbonyl (C=O) groups is 2. The van der Waals surface area contributed by atoms with E-state index in [4.69, 9.17) is 9.47 Å². The predicted octanol–water partition coefficient (Wildman–Crippen LogP) is 2.70. The molecule has 0 bridgehead atoms. The Labute approximate surface area is 148 Å². The number of hydrogen-bond acceptors (Lipinski definition) is 4. The fourth-order valence-corrected chi connectivity index (χ4v) is 2.76. The minimum absolute atomic E-state index is 0.0264. The zero-order chi connectivity index (χ0) is 17.5. The quantitative estimate of drug-likeness (QED) is 0.821. The molecule has 1 aliphatic heterocycles. The van der Waals surface area contributed by atoms with Gasteiger partial charge in [-0.05, 0) is 38.0 Å². The van der Waals surface area contributed by atoms with Crippen molar-refractivity contribution in [1.82, 2.24) is 10.2 Å². The topological polar surface area (TPSA) is 67.9 Å². The second-order valence-corrected chi connectivity index (χ2v) is 6.31. The van der Waals surface area contributed by atoms with Gasteiger partial charge in [0.05, 0.1) is 6.61 Å². The SMILES string of the molecule is CCOC(=O)N1CCC(NC(=O)COc2ccc(Br)cc2F)CC1. The van der Waals surface area contributed by atoms with Crippen molar-refractivity contribution in [2.75, 3.05) is 26.3 Å². The first-order valence-electron chi connectivity index (χ1n) is 7.78. The maximum atomic E-state index is 13.6. The third-order valence-corrected chi connectivity index (χ3v) is 4.13. The Kier molecular flexibility index (Phi) is 6.84. The summed E-state index contributed by atoms with van der Waals surface area (Å²) in [5.41, 5.74) is 0. The van der Waals surface area contributed by atoms with Crippen LogP contribution < -0.4 is 10.1 Å². The van der Waals surface area contributed by atoms with Crippen molar-refractivity contribution in [3.8, 4) is 5.75 Å². The maximum absolute atomic E-state index is 13.6. The molecule has 1 N–H and O–H groups in total. The minimum atomic E-state index is -0.528. The largest absolute Gasteiger partial charge is 0.481 e. The highest BCUT2D eigenvalue weighted by atomic mass is 79.9. The van der Waals surface area contributed by atoms with E-state index >= 15 is 0 Å². The summed E-state index contributed by atoms with van der Waals surface area (Å²) < 4.78 is 24.3. The van der Waals surface area contributed by atoms with E-state index in [-0.39, 0.29) is 30.4 Å². The third-order valence-electron chi connectivity index (χ3n) is 3.64. The minimum Gasteiger partial charge on any atom is -0.481 e. The average Bonchev–Trinajstić information content (AvgIpc) is 2.55. The van der Waals surface area contributed by atoms with Crippen LogP contribution in [0.5, 0.6) is 5.75 Å². The number of hydrogen-bond donors (Lipinski definition) is 1. The van der Waals surface area contributed by atoms with Gasteiger partial charge in [-0.25, -0.2) is 9.18 Å². The van der Waals surface area contributed by atoms with Gasteiger partial charge in [0.25, 0.3) is 5.91 Å². The van der Waals surface area contributed by atoms with Gasteiger partial charge in [0, 0.05) is 23.6 Å². The van der Waals surface area contributed by atoms with Crippen molar-refractivity contribution in [1.29, 1.82) is 0 Å². The summed E-state index contributed by atoms with van der Waals surface area (Å²) >= 11 is 3.16. The van der Waals surface area contributed by atoms with Gasteiger partial charge in [0.15, 0.2) is 18.2 Å². The fraction of sp³-hybridized carbons (Fsp3) is 0.500. The molecule has 132 valence electrons. The molecule has 0 spiro atoms. The van der Waals surface area contributed by atoms with Crippen LogP contribution in [0, 0.1) is 5.82 Å². The zero-order valence-electron chi connectivity index (χ0n) is 13.4. The smallest absolute Gasteiger partial charge is 0.409 e. The lowest BCUT2D eigenvalue weighted by Crippen LogP contribution is -2.47. The number of likely N-dealkylation sites (tertiary alicyclic amines) is 1. The normalized spacial score (nSPS) is 15.0. The molecule has 8 heteroatoms. The monoisotopic (exact) mass is 402 g/mol. The van der Waals surface area contributed by atoms with Gasteiger partial charge >= 0.3 is 6.09 Å². The summed E-state index contributed by atoms with van der Waals surface area (Å²) in [7, 11) is 0. The van der Waals surface area contributed by atoms with Gasteiger partial charge in [0.2, 0.25) is 0 Å². The molecule has 1 aliphatic rings. The number of halogens is 2. The number of carbonyl (C=O) groups excluding carboxylic acids is 2. The van der Waals surface area contributed by atoms with Crippen LogP contribution >= 0.6 is 15.9 Å². The van der Waals surface area contributed by atoms with Crippen LogP contribution in [-0.4, -0.2) is 49.2 Å². The molecule has 0 radical (unpaired) electrons. The lowest BCUT2D eigenvalue weighted by molar-refractivity contribution is -0.124. The molecule has 2 rings (SSSR count). The Morgan fingerprint density at radius 3 is 2.71 bits per heavy atom. The summed E-state index contributed by atoms with van der Waals surface area (Å²) in [4.78, 5) is 25.1. The molecular weight excluding hydrogens is 383 g/mol. The predicted molar refractivity (Wildman–Crippen MR) is 89.4 cm³/mol. The van der Waals surface area contributed by atoms with Crippen molar-refractivity contribution < 1.29 is 23.5 Å². The zero-order valence-corrected chi connectivity index (χ0v) is 15.0. The summed E-state index contributed by atoms with van der Waals surface area (Å²) in [6, 6.07) is 4.35. The summed E-state index contributed by atoms with van der Waals surface area (Å²) in [5.74, 6) is -0.808. The molecule has 6 nitrogen and oxygen atoms in total. The van der Waals surface area contributed by atoms with E-state index in [2.05, 4.69) is 21.2 Å². The highest BCUT2D eigenvalue weighted by Crippen LogP contribution is 2.21. The van der Waals surface area contributed by atoms with Crippen molar-refractivity contribution >= 4 is 27.9 Å². The van der Waals surface area contributed by atoms with E-state index in [1.165, 1.54) is 12.1 Å². The Morgan fingerprint density at radius 1 is 1.38 bits per heavy atom. The van der Waals surface area contributed by atoms with Crippen molar-refractivity contribution in [3.05, 3.63) is 28.5 Å². The molecular formula is C16H20BrFN2O4. The molecule has 1 saturated heterocycles. The van der Waals surface area contributed by atoms with E-state index in [0.717, 1.165) is 0 Å². The molecule has 0 unspecified atom stereocenters. The third kappa shape index (κ3) is 5.36. The highest BCUT2D eigenvalue weighted by Gasteiger charge is 2.24. The maximum Gasteiger partial charge on any atom is 0.409 e. The van der Waals surface area contributed by atoms with Crippen molar-refractivity contribution in [2.24, 2.45) is 0 Å². The first kappa shape index (κ1) is 18.5. The van der Waals surface area contributed by atoms with Crippen molar-refractivity contribution in [3.63, 3.8) is 0 Å². The van der Waals surface area contributed by atoms with E-state index in [9.17, 15) is 14.0 Å². The molecule has 1 heterocycles. The van der Waals surface area contributed by atoms with E-state index in [0.29, 0.717) is 37.0 Å². The van der Waals surface area contributed by atoms with E-state index in [1.807, 2.05) is 0 Å². The second-order valence-electron chi connectivity index (χ2n) is 5.39. The molecule has 1 aromatic rings. The average molecular weight is 403 g/mol. The van der Waals surface area contributed by atoms with Gasteiger partial charge in [-0.3, -0.25) is 4.79 Å². The first-order valence-corrected chi connectivity index (χ1v) is 8.57. The second kappa shape index (κ2) is 8.86. The lowest BCUT2D eigenvalue weighted by atomic mass is 10.1. The number of rotatable bonds is 5. The lowest BCUT2D eigenvalue weighted by Gasteiger charge is -2.31.